The number of rotatable bonds is 8. The van der Waals surface area contributed by atoms with Crippen molar-refractivity contribution < 1.29 is 14.3 Å². The second-order valence-electron chi connectivity index (χ2n) is 5.06. The molecular weight excluding hydrogens is 278 g/mol. The number of methoxy groups -OCH3 is 2. The Morgan fingerprint density at radius 2 is 1.64 bits per heavy atom. The summed E-state index contributed by atoms with van der Waals surface area (Å²) in [4.78, 5) is 10.9. The van der Waals surface area contributed by atoms with Gasteiger partial charge in [-0.15, -0.1) is 0 Å². The Morgan fingerprint density at radius 1 is 0.955 bits per heavy atom. The van der Waals surface area contributed by atoms with Crippen LogP contribution in [0.15, 0.2) is 48.5 Å². The summed E-state index contributed by atoms with van der Waals surface area (Å²) in [5, 5.41) is 2.89. The lowest BCUT2D eigenvalue weighted by atomic mass is 9.99. The van der Waals surface area contributed by atoms with Gasteiger partial charge in [-0.25, -0.2) is 0 Å². The van der Waals surface area contributed by atoms with Crippen LogP contribution in [-0.4, -0.2) is 26.7 Å². The summed E-state index contributed by atoms with van der Waals surface area (Å²) in [6.07, 6.45) is 2.27. The highest BCUT2D eigenvalue weighted by Gasteiger charge is 2.12. The molecule has 2 aromatic rings. The zero-order valence-electron chi connectivity index (χ0n) is 12.9. The van der Waals surface area contributed by atoms with Gasteiger partial charge in [0.25, 0.3) is 0 Å². The Kier molecular flexibility index (Phi) is 5.83. The van der Waals surface area contributed by atoms with Gasteiger partial charge in [-0.05, 0) is 36.1 Å². The molecule has 0 bridgehead atoms. The Labute approximate surface area is 131 Å². The third-order valence-corrected chi connectivity index (χ3v) is 3.56. The molecule has 1 amide bonds. The molecule has 0 aliphatic heterocycles. The van der Waals surface area contributed by atoms with Crippen LogP contribution in [0.4, 0.5) is 0 Å². The van der Waals surface area contributed by atoms with Crippen molar-refractivity contribution in [1.29, 1.82) is 0 Å². The summed E-state index contributed by atoms with van der Waals surface area (Å²) in [5.74, 6) is 1.40. The lowest BCUT2D eigenvalue weighted by Gasteiger charge is -2.17. The molecule has 1 atom stereocenters. The van der Waals surface area contributed by atoms with E-state index >= 15 is 0 Å². The molecule has 0 saturated heterocycles. The van der Waals surface area contributed by atoms with Crippen LogP contribution < -0.4 is 14.8 Å². The van der Waals surface area contributed by atoms with Crippen molar-refractivity contribution in [3.63, 3.8) is 0 Å². The Hall–Kier alpha value is -2.49. The van der Waals surface area contributed by atoms with Crippen LogP contribution in [0.25, 0.3) is 0 Å². The first-order valence-corrected chi connectivity index (χ1v) is 7.21. The average molecular weight is 299 g/mol. The third kappa shape index (κ3) is 4.25. The highest BCUT2D eigenvalue weighted by atomic mass is 16.5. The normalized spacial score (nSPS) is 11.5. The highest BCUT2D eigenvalue weighted by Crippen LogP contribution is 2.28. The van der Waals surface area contributed by atoms with Crippen molar-refractivity contribution in [2.24, 2.45) is 0 Å². The van der Waals surface area contributed by atoms with E-state index < -0.39 is 0 Å². The van der Waals surface area contributed by atoms with E-state index in [0.29, 0.717) is 11.5 Å². The van der Waals surface area contributed by atoms with Crippen LogP contribution in [0.3, 0.4) is 0 Å². The molecule has 1 N–H and O–H groups in total. The van der Waals surface area contributed by atoms with Crippen molar-refractivity contribution in [2.45, 2.75) is 18.9 Å². The molecule has 4 nitrogen and oxygen atoms in total. The summed E-state index contributed by atoms with van der Waals surface area (Å²) in [7, 11) is 3.23. The second-order valence-corrected chi connectivity index (χ2v) is 5.06. The first-order chi connectivity index (χ1) is 10.8. The number of benzene rings is 2. The number of nitrogens with one attached hydrogen (secondary N) is 1. The molecule has 4 heteroatoms. The number of hydrogen-bond donors (Lipinski definition) is 1. The summed E-state index contributed by atoms with van der Waals surface area (Å²) in [6.45, 7) is 0. The summed E-state index contributed by atoms with van der Waals surface area (Å²) in [6, 6.07) is 16.0. The fourth-order valence-electron chi connectivity index (χ4n) is 2.48. The average Bonchev–Trinajstić information content (AvgIpc) is 2.56. The minimum atomic E-state index is 0.0398. The van der Waals surface area contributed by atoms with Gasteiger partial charge in [0.1, 0.15) is 0 Å². The fraction of sp³-hybridized carbons (Fsp3) is 0.278. The van der Waals surface area contributed by atoms with E-state index in [0.717, 1.165) is 24.8 Å². The molecule has 0 radical (unpaired) electrons. The quantitative estimate of drug-likeness (QED) is 0.762. The van der Waals surface area contributed by atoms with E-state index in [1.54, 1.807) is 14.2 Å². The SMILES string of the molecule is COc1ccc(C[C@H](Cc2ccccc2)NC=O)cc1OC. The van der Waals surface area contributed by atoms with E-state index in [2.05, 4.69) is 17.4 Å². The molecule has 0 saturated carbocycles. The van der Waals surface area contributed by atoms with Gasteiger partial charge in [-0.2, -0.15) is 0 Å². The molecule has 2 aromatic carbocycles. The molecule has 0 fully saturated rings. The number of ether oxygens (including phenoxy) is 2. The topological polar surface area (TPSA) is 47.6 Å². The molecular formula is C18H21NO3. The minimum absolute atomic E-state index is 0.0398. The van der Waals surface area contributed by atoms with Gasteiger partial charge in [0.05, 0.1) is 14.2 Å². The van der Waals surface area contributed by atoms with Gasteiger partial charge in [0.15, 0.2) is 11.5 Å². The van der Waals surface area contributed by atoms with Gasteiger partial charge in [0, 0.05) is 6.04 Å². The van der Waals surface area contributed by atoms with Crippen molar-refractivity contribution >= 4 is 6.41 Å². The molecule has 0 aliphatic rings. The maximum Gasteiger partial charge on any atom is 0.207 e. The monoisotopic (exact) mass is 299 g/mol. The van der Waals surface area contributed by atoms with Crippen LogP contribution >= 0.6 is 0 Å². The summed E-state index contributed by atoms with van der Waals surface area (Å²) < 4.78 is 10.6. The predicted molar refractivity (Wildman–Crippen MR) is 86.4 cm³/mol. The standard InChI is InChI=1S/C18H21NO3/c1-21-17-9-8-15(12-18(17)22-2)11-16(19-13-20)10-14-6-4-3-5-7-14/h3-9,12-13,16H,10-11H2,1-2H3,(H,19,20)/t16-/m0/s1. The van der Waals surface area contributed by atoms with Gasteiger partial charge in [-0.1, -0.05) is 36.4 Å². The maximum atomic E-state index is 10.9. The van der Waals surface area contributed by atoms with Crippen molar-refractivity contribution in [3.8, 4) is 11.5 Å². The van der Waals surface area contributed by atoms with Crippen molar-refractivity contribution in [1.82, 2.24) is 5.32 Å². The highest BCUT2D eigenvalue weighted by molar-refractivity contribution is 5.48. The van der Waals surface area contributed by atoms with E-state index in [1.165, 1.54) is 5.56 Å². The lowest BCUT2D eigenvalue weighted by Crippen LogP contribution is -2.32. The molecule has 0 aliphatic carbocycles. The molecule has 0 heterocycles. The van der Waals surface area contributed by atoms with E-state index in [4.69, 9.17) is 9.47 Å². The number of amides is 1. The zero-order valence-corrected chi connectivity index (χ0v) is 12.9. The Morgan fingerprint density at radius 3 is 2.27 bits per heavy atom. The van der Waals surface area contributed by atoms with Crippen molar-refractivity contribution in [2.75, 3.05) is 14.2 Å². The lowest BCUT2D eigenvalue weighted by molar-refractivity contribution is -0.110. The minimum Gasteiger partial charge on any atom is -0.493 e. The molecule has 0 aromatic heterocycles. The molecule has 116 valence electrons. The smallest absolute Gasteiger partial charge is 0.207 e. The Bertz CT molecular complexity index is 599. The summed E-state index contributed by atoms with van der Waals surface area (Å²) >= 11 is 0. The van der Waals surface area contributed by atoms with Crippen molar-refractivity contribution in [3.05, 3.63) is 59.7 Å². The molecule has 0 spiro atoms. The fourth-order valence-corrected chi connectivity index (χ4v) is 2.48. The van der Waals surface area contributed by atoms with Crippen LogP contribution in [0, 0.1) is 0 Å². The number of hydrogen-bond acceptors (Lipinski definition) is 3. The van der Waals surface area contributed by atoms with Crippen LogP contribution in [0.5, 0.6) is 11.5 Å². The van der Waals surface area contributed by atoms with Gasteiger partial charge < -0.3 is 14.8 Å². The van der Waals surface area contributed by atoms with Gasteiger partial charge in [-0.3, -0.25) is 4.79 Å². The Balaban J connectivity index is 2.12. The van der Waals surface area contributed by atoms with Gasteiger partial charge in [0.2, 0.25) is 6.41 Å². The first-order valence-electron chi connectivity index (χ1n) is 7.21. The van der Waals surface area contributed by atoms with Crippen LogP contribution in [0.2, 0.25) is 0 Å². The largest absolute Gasteiger partial charge is 0.493 e. The maximum absolute atomic E-state index is 10.9. The number of carbonyl (C=O) groups is 1. The molecule has 22 heavy (non-hydrogen) atoms. The molecule has 2 rings (SSSR count). The van der Waals surface area contributed by atoms with Gasteiger partial charge >= 0.3 is 0 Å². The van der Waals surface area contributed by atoms with E-state index in [1.807, 2.05) is 36.4 Å². The van der Waals surface area contributed by atoms with E-state index in [9.17, 15) is 4.79 Å². The van der Waals surface area contributed by atoms with E-state index in [-0.39, 0.29) is 6.04 Å². The van der Waals surface area contributed by atoms with Crippen LogP contribution in [-0.2, 0) is 17.6 Å². The predicted octanol–water partition coefficient (Wildman–Crippen LogP) is 2.60. The first kappa shape index (κ1) is 15.9. The summed E-state index contributed by atoms with van der Waals surface area (Å²) in [5.41, 5.74) is 2.29. The van der Waals surface area contributed by atoms with Crippen LogP contribution in [0.1, 0.15) is 11.1 Å². The molecule has 0 unspecified atom stereocenters. The third-order valence-electron chi connectivity index (χ3n) is 3.56. The zero-order chi connectivity index (χ0) is 15.8. The number of carbonyl (C=O) groups excluding carboxylic acids is 1. The second kappa shape index (κ2) is 8.08.